The van der Waals surface area contributed by atoms with Crippen LogP contribution in [0.25, 0.3) is 0 Å². The number of halogens is 1. The van der Waals surface area contributed by atoms with E-state index < -0.39 is 40.7 Å². The second-order valence-corrected chi connectivity index (χ2v) is 25.7. The van der Waals surface area contributed by atoms with Gasteiger partial charge in [-0.25, -0.2) is 4.39 Å². The fourth-order valence-corrected chi connectivity index (χ4v) is 21.9. The predicted octanol–water partition coefficient (Wildman–Crippen LogP) is 5.79. The summed E-state index contributed by atoms with van der Waals surface area (Å²) in [5.41, 5.74) is 0.999. The number of ether oxygens (including phenoxy) is 1. The molecule has 0 aromatic carbocycles. The lowest BCUT2D eigenvalue weighted by atomic mass is 10.2. The zero-order valence-corrected chi connectivity index (χ0v) is 27.3. The maximum Gasteiger partial charge on any atom is 0.323 e. The largest absolute Gasteiger partial charge is 0.436 e. The van der Waals surface area contributed by atoms with E-state index in [1.54, 1.807) is 13.8 Å². The fraction of sp³-hybridized carbons (Fsp3) is 0.739. The van der Waals surface area contributed by atoms with Crippen molar-refractivity contribution in [1.82, 2.24) is 0 Å². The molecule has 12 heteroatoms. The van der Waals surface area contributed by atoms with Gasteiger partial charge in [0.25, 0.3) is 0 Å². The average Bonchev–Trinajstić information content (AvgIpc) is 2.68. The molecule has 0 bridgehead atoms. The third-order valence-corrected chi connectivity index (χ3v) is 20.2. The van der Waals surface area contributed by atoms with Gasteiger partial charge in [0.1, 0.15) is 6.67 Å². The van der Waals surface area contributed by atoms with E-state index in [4.69, 9.17) is 21.5 Å². The van der Waals surface area contributed by atoms with E-state index in [9.17, 15) is 14.0 Å². The summed E-state index contributed by atoms with van der Waals surface area (Å²) in [7, 11) is -10.4. The molecule has 0 aliphatic rings. The molecule has 0 aromatic rings. The summed E-state index contributed by atoms with van der Waals surface area (Å²) in [5.74, 6) is -0.104. The molecule has 0 aliphatic carbocycles. The first-order chi connectivity index (χ1) is 15.8. The highest BCUT2D eigenvalue weighted by atomic mass is 28.5. The van der Waals surface area contributed by atoms with Gasteiger partial charge in [-0.15, -0.1) is 0 Å². The van der Waals surface area contributed by atoms with Crippen LogP contribution in [0.2, 0.25) is 57.9 Å². The van der Waals surface area contributed by atoms with Gasteiger partial charge in [-0.1, -0.05) is 13.2 Å². The van der Waals surface area contributed by atoms with Crippen LogP contribution in [0.5, 0.6) is 0 Å². The number of allylic oxidation sites excluding steroid dienone is 1. The summed E-state index contributed by atoms with van der Waals surface area (Å²) in [6.45, 7) is 24.6. The van der Waals surface area contributed by atoms with Gasteiger partial charge in [-0.05, 0) is 89.3 Å². The van der Waals surface area contributed by atoms with Crippen LogP contribution in [-0.2, 0) is 31.1 Å². The average molecular weight is 567 g/mol. The number of alkyl halides is 1. The Labute approximate surface area is 216 Å². The van der Waals surface area contributed by atoms with Crippen molar-refractivity contribution in [2.45, 2.75) is 84.6 Å². The fourth-order valence-electron chi connectivity index (χ4n) is 3.57. The van der Waals surface area contributed by atoms with Crippen molar-refractivity contribution in [1.29, 1.82) is 0 Å². The van der Waals surface area contributed by atoms with Crippen molar-refractivity contribution in [2.24, 2.45) is 0 Å². The summed E-state index contributed by atoms with van der Waals surface area (Å²) in [4.78, 5) is 24.0. The third kappa shape index (κ3) is 16.0. The van der Waals surface area contributed by atoms with Crippen LogP contribution < -0.4 is 0 Å². The smallest absolute Gasteiger partial charge is 0.323 e. The molecule has 0 spiro atoms. The SMILES string of the molecule is C=C(C)C(=O)CC[Si](C)(C)O[Si](C)(C)O[Si](C)(CCCOCCF)O[Si](C)(C)OCC(=O)C(=C)C. The Kier molecular flexibility index (Phi) is 14.7. The monoisotopic (exact) mass is 566 g/mol. The third-order valence-electron chi connectivity index (χ3n) is 5.04. The van der Waals surface area contributed by atoms with E-state index in [0.29, 0.717) is 42.7 Å². The summed E-state index contributed by atoms with van der Waals surface area (Å²) in [6.07, 6.45) is 1.07. The molecule has 0 heterocycles. The van der Waals surface area contributed by atoms with Crippen molar-refractivity contribution in [3.05, 3.63) is 24.3 Å². The minimum Gasteiger partial charge on any atom is -0.436 e. The highest BCUT2D eigenvalue weighted by molar-refractivity contribution is 6.89. The molecule has 0 fully saturated rings. The van der Waals surface area contributed by atoms with E-state index in [0.717, 1.165) is 0 Å². The van der Waals surface area contributed by atoms with E-state index in [-0.39, 0.29) is 24.8 Å². The normalized spacial score (nSPS) is 14.5. The van der Waals surface area contributed by atoms with Gasteiger partial charge in [0, 0.05) is 13.0 Å². The molecule has 0 N–H and O–H groups in total. The van der Waals surface area contributed by atoms with Crippen LogP contribution in [0.4, 0.5) is 4.39 Å². The number of carbonyl (C=O) groups excluding carboxylic acids is 2. The Hall–Kier alpha value is -0.582. The molecule has 0 radical (unpaired) electrons. The van der Waals surface area contributed by atoms with Gasteiger partial charge >= 0.3 is 25.7 Å². The molecule has 0 saturated carbocycles. The molecule has 1 unspecified atom stereocenters. The molecule has 7 nitrogen and oxygen atoms in total. The zero-order valence-electron chi connectivity index (χ0n) is 23.3. The lowest BCUT2D eigenvalue weighted by Gasteiger charge is -2.42. The molecule has 204 valence electrons. The van der Waals surface area contributed by atoms with Crippen molar-refractivity contribution < 1.29 is 35.5 Å². The second kappa shape index (κ2) is 15.0. The van der Waals surface area contributed by atoms with Gasteiger partial charge in [-0.2, -0.15) is 0 Å². The van der Waals surface area contributed by atoms with E-state index in [1.807, 2.05) is 32.7 Å². The zero-order chi connectivity index (χ0) is 27.5. The van der Waals surface area contributed by atoms with Gasteiger partial charge in [0.05, 0.1) is 13.2 Å². The number of Topliss-reactive ketones (excluding diaryl/α,β-unsaturated/α-hetero) is 2. The van der Waals surface area contributed by atoms with Crippen LogP contribution in [0.1, 0.15) is 26.7 Å². The number of rotatable bonds is 20. The van der Waals surface area contributed by atoms with Gasteiger partial charge in [0.15, 0.2) is 19.9 Å². The molecule has 0 saturated heterocycles. The van der Waals surface area contributed by atoms with Crippen LogP contribution in [0.15, 0.2) is 24.3 Å². The van der Waals surface area contributed by atoms with Crippen LogP contribution in [0, 0.1) is 0 Å². The van der Waals surface area contributed by atoms with Gasteiger partial charge < -0.3 is 21.5 Å². The summed E-state index contributed by atoms with van der Waals surface area (Å²) < 4.78 is 43.5. The molecule has 0 aromatic heterocycles. The maximum atomic E-state index is 12.4. The Morgan fingerprint density at radius 1 is 0.771 bits per heavy atom. The maximum absolute atomic E-state index is 12.4. The van der Waals surface area contributed by atoms with Gasteiger partial charge in [0.2, 0.25) is 0 Å². The molecular weight excluding hydrogens is 520 g/mol. The Balaban J connectivity index is 5.45. The summed E-state index contributed by atoms with van der Waals surface area (Å²) in [6, 6.07) is 1.30. The molecule has 0 aliphatic heterocycles. The number of ketones is 2. The van der Waals surface area contributed by atoms with Crippen molar-refractivity contribution >= 4 is 45.6 Å². The highest BCUT2D eigenvalue weighted by Crippen LogP contribution is 2.29. The Morgan fingerprint density at radius 3 is 1.83 bits per heavy atom. The number of hydrogen-bond donors (Lipinski definition) is 0. The second-order valence-electron chi connectivity index (χ2n) is 10.6. The number of carbonyl (C=O) groups is 2. The van der Waals surface area contributed by atoms with Gasteiger partial charge in [-0.3, -0.25) is 9.59 Å². The Morgan fingerprint density at radius 2 is 1.31 bits per heavy atom. The van der Waals surface area contributed by atoms with E-state index in [1.165, 1.54) is 0 Å². The quantitative estimate of drug-likeness (QED) is 0.105. The molecule has 1 atom stereocenters. The first kappa shape index (κ1) is 34.4. The summed E-state index contributed by atoms with van der Waals surface area (Å²) in [5, 5.41) is 0. The lowest BCUT2D eigenvalue weighted by Crippen LogP contribution is -2.58. The standard InChI is InChI=1S/C23H47FO7Si4/c1-20(2)22(25)13-18-32(5,6)29-34(9,10)31-35(11,17-12-15-27-16-14-24)30-33(7,8)28-19-23(26)21(3)4/h1,3,12-19H2,2,4-11H3. The van der Waals surface area contributed by atoms with E-state index >= 15 is 0 Å². The van der Waals surface area contributed by atoms with Crippen molar-refractivity contribution in [3.8, 4) is 0 Å². The molecule has 35 heavy (non-hydrogen) atoms. The van der Waals surface area contributed by atoms with E-state index in [2.05, 4.69) is 26.3 Å². The molecular formula is C23H47FO7Si4. The van der Waals surface area contributed by atoms with Crippen LogP contribution >= 0.6 is 0 Å². The van der Waals surface area contributed by atoms with Crippen molar-refractivity contribution in [2.75, 3.05) is 26.5 Å². The van der Waals surface area contributed by atoms with Crippen LogP contribution in [0.3, 0.4) is 0 Å². The predicted molar refractivity (Wildman–Crippen MR) is 149 cm³/mol. The first-order valence-electron chi connectivity index (χ1n) is 12.1. The number of hydrogen-bond acceptors (Lipinski definition) is 7. The summed E-state index contributed by atoms with van der Waals surface area (Å²) >= 11 is 0. The lowest BCUT2D eigenvalue weighted by molar-refractivity contribution is -0.118. The molecule has 0 rings (SSSR count). The van der Waals surface area contributed by atoms with Crippen molar-refractivity contribution in [3.63, 3.8) is 0 Å². The van der Waals surface area contributed by atoms with Crippen LogP contribution in [-0.4, -0.2) is 72.1 Å². The molecule has 0 amide bonds. The minimum absolute atomic E-state index is 0.0552. The minimum atomic E-state index is -2.83. The topological polar surface area (TPSA) is 80.3 Å². The first-order valence-corrected chi connectivity index (χ1v) is 23.4. The Bertz CT molecular complexity index is 743. The highest BCUT2D eigenvalue weighted by Gasteiger charge is 2.46.